The third kappa shape index (κ3) is 10.1. The third-order valence-corrected chi connectivity index (χ3v) is 2.76. The van der Waals surface area contributed by atoms with E-state index in [4.69, 9.17) is 0 Å². The minimum absolute atomic E-state index is 0.661. The van der Waals surface area contributed by atoms with Gasteiger partial charge in [0.25, 0.3) is 0 Å². The predicted molar refractivity (Wildman–Crippen MR) is 77.1 cm³/mol. The zero-order valence-electron chi connectivity index (χ0n) is 12.1. The molecule has 0 aliphatic carbocycles. The number of hydrogen-bond acceptors (Lipinski definition) is 1. The van der Waals surface area contributed by atoms with Crippen molar-refractivity contribution in [2.24, 2.45) is 0 Å². The Balaban J connectivity index is 3.96. The van der Waals surface area contributed by atoms with Crippen LogP contribution < -0.4 is 0 Å². The molecule has 1 nitrogen and oxygen atoms in total. The van der Waals surface area contributed by atoms with Gasteiger partial charge in [0.2, 0.25) is 0 Å². The molecular formula is C16H28O. The van der Waals surface area contributed by atoms with Crippen LogP contribution in [0.1, 0.15) is 60.3 Å². The molecule has 0 heterocycles. The van der Waals surface area contributed by atoms with Gasteiger partial charge in [-0.1, -0.05) is 35.5 Å². The number of aliphatic hydroxyl groups is 1. The topological polar surface area (TPSA) is 20.2 Å². The van der Waals surface area contributed by atoms with E-state index in [9.17, 15) is 5.11 Å². The van der Waals surface area contributed by atoms with Crippen molar-refractivity contribution in [3.63, 3.8) is 0 Å². The van der Waals surface area contributed by atoms with Crippen LogP contribution in [0, 0.1) is 0 Å². The van der Waals surface area contributed by atoms with Crippen molar-refractivity contribution in [3.05, 3.63) is 35.5 Å². The highest BCUT2D eigenvalue weighted by molar-refractivity contribution is 5.04. The van der Waals surface area contributed by atoms with Crippen LogP contribution >= 0.6 is 0 Å². The lowest BCUT2D eigenvalue weighted by Gasteiger charge is -2.17. The summed E-state index contributed by atoms with van der Waals surface area (Å²) in [4.78, 5) is 0. The summed E-state index contributed by atoms with van der Waals surface area (Å²) in [6, 6.07) is 0. The van der Waals surface area contributed by atoms with Crippen molar-refractivity contribution in [3.8, 4) is 0 Å². The lowest BCUT2D eigenvalue weighted by molar-refractivity contribution is 0.103. The normalized spacial score (nSPS) is 16.0. The Morgan fingerprint density at radius 2 is 1.76 bits per heavy atom. The molecule has 0 rings (SSSR count). The fourth-order valence-electron chi connectivity index (χ4n) is 1.74. The van der Waals surface area contributed by atoms with E-state index in [1.165, 1.54) is 11.1 Å². The first-order valence-electron chi connectivity index (χ1n) is 6.52. The summed E-state index contributed by atoms with van der Waals surface area (Å²) in [6.45, 7) is 10.2. The van der Waals surface area contributed by atoms with Gasteiger partial charge in [-0.3, -0.25) is 0 Å². The van der Waals surface area contributed by atoms with Crippen LogP contribution in [0.25, 0.3) is 0 Å². The molecule has 0 aliphatic heterocycles. The van der Waals surface area contributed by atoms with Gasteiger partial charge < -0.3 is 5.11 Å². The molecule has 98 valence electrons. The zero-order valence-corrected chi connectivity index (χ0v) is 12.1. The van der Waals surface area contributed by atoms with E-state index in [0.29, 0.717) is 0 Å². The molecule has 0 bridgehead atoms. The van der Waals surface area contributed by atoms with Crippen LogP contribution in [-0.2, 0) is 0 Å². The van der Waals surface area contributed by atoms with Gasteiger partial charge >= 0.3 is 0 Å². The average Bonchev–Trinajstić information content (AvgIpc) is 2.16. The summed E-state index contributed by atoms with van der Waals surface area (Å²) in [5.41, 5.74) is 2.14. The Morgan fingerprint density at radius 1 is 1.12 bits per heavy atom. The van der Waals surface area contributed by atoms with Crippen molar-refractivity contribution >= 4 is 0 Å². The predicted octanol–water partition coefficient (Wildman–Crippen LogP) is 4.79. The Kier molecular flexibility index (Phi) is 7.90. The molecule has 1 atom stereocenters. The molecule has 0 saturated carbocycles. The van der Waals surface area contributed by atoms with Crippen LogP contribution in [0.5, 0.6) is 0 Å². The summed E-state index contributed by atoms with van der Waals surface area (Å²) < 4.78 is 0. The summed E-state index contributed by atoms with van der Waals surface area (Å²) in [5, 5.41) is 9.95. The molecule has 1 unspecified atom stereocenters. The Morgan fingerprint density at radius 3 is 2.29 bits per heavy atom. The molecular weight excluding hydrogens is 208 g/mol. The van der Waals surface area contributed by atoms with E-state index in [-0.39, 0.29) is 0 Å². The SMILES string of the molecule is C/C=C/C(C)(O)CC/C=C(\C)CCC=C(C)C. The van der Waals surface area contributed by atoms with Gasteiger partial charge in [-0.15, -0.1) is 0 Å². The second kappa shape index (κ2) is 8.30. The summed E-state index contributed by atoms with van der Waals surface area (Å²) in [6.07, 6.45) is 12.3. The molecule has 0 aromatic carbocycles. The van der Waals surface area contributed by atoms with Crippen molar-refractivity contribution in [1.82, 2.24) is 0 Å². The molecule has 0 aromatic heterocycles. The molecule has 0 radical (unpaired) electrons. The van der Waals surface area contributed by atoms with E-state index in [1.807, 2.05) is 26.0 Å². The van der Waals surface area contributed by atoms with Gasteiger partial charge in [0.15, 0.2) is 0 Å². The van der Waals surface area contributed by atoms with Gasteiger partial charge in [-0.25, -0.2) is 0 Å². The highest BCUT2D eigenvalue weighted by Gasteiger charge is 2.13. The molecule has 0 saturated heterocycles. The van der Waals surface area contributed by atoms with Crippen LogP contribution in [0.2, 0.25) is 0 Å². The van der Waals surface area contributed by atoms with Gasteiger partial charge in [-0.05, 0) is 60.3 Å². The number of hydrogen-bond donors (Lipinski definition) is 1. The molecule has 0 aromatic rings. The average molecular weight is 236 g/mol. The lowest BCUT2D eigenvalue weighted by Crippen LogP contribution is -2.19. The number of rotatable bonds is 7. The quantitative estimate of drug-likeness (QED) is 0.630. The fourth-order valence-corrected chi connectivity index (χ4v) is 1.74. The maximum Gasteiger partial charge on any atom is 0.0802 e. The Bertz CT molecular complexity index is 289. The van der Waals surface area contributed by atoms with Crippen LogP contribution in [0.3, 0.4) is 0 Å². The third-order valence-electron chi connectivity index (χ3n) is 2.76. The highest BCUT2D eigenvalue weighted by Crippen LogP contribution is 2.16. The van der Waals surface area contributed by atoms with Crippen LogP contribution in [0.15, 0.2) is 35.5 Å². The van der Waals surface area contributed by atoms with Gasteiger partial charge in [0.1, 0.15) is 0 Å². The van der Waals surface area contributed by atoms with E-state index < -0.39 is 5.60 Å². The summed E-state index contributed by atoms with van der Waals surface area (Å²) in [7, 11) is 0. The highest BCUT2D eigenvalue weighted by atomic mass is 16.3. The van der Waals surface area contributed by atoms with Crippen molar-refractivity contribution < 1.29 is 5.11 Å². The minimum atomic E-state index is -0.661. The monoisotopic (exact) mass is 236 g/mol. The molecule has 0 aliphatic rings. The molecule has 0 spiro atoms. The molecule has 0 amide bonds. The smallest absolute Gasteiger partial charge is 0.0802 e. The van der Waals surface area contributed by atoms with Crippen LogP contribution in [0.4, 0.5) is 0 Å². The minimum Gasteiger partial charge on any atom is -0.386 e. The summed E-state index contributed by atoms with van der Waals surface area (Å²) in [5.74, 6) is 0. The molecule has 1 N–H and O–H groups in total. The van der Waals surface area contributed by atoms with Crippen molar-refractivity contribution in [2.45, 2.75) is 65.9 Å². The Hall–Kier alpha value is -0.820. The fraction of sp³-hybridized carbons (Fsp3) is 0.625. The van der Waals surface area contributed by atoms with Crippen molar-refractivity contribution in [2.75, 3.05) is 0 Å². The van der Waals surface area contributed by atoms with E-state index in [1.54, 1.807) is 0 Å². The van der Waals surface area contributed by atoms with E-state index >= 15 is 0 Å². The molecule has 17 heavy (non-hydrogen) atoms. The van der Waals surface area contributed by atoms with Gasteiger partial charge in [0, 0.05) is 0 Å². The van der Waals surface area contributed by atoms with Gasteiger partial charge in [0.05, 0.1) is 5.60 Å². The first kappa shape index (κ1) is 16.2. The zero-order chi connectivity index (χ0) is 13.3. The van der Waals surface area contributed by atoms with Gasteiger partial charge in [-0.2, -0.15) is 0 Å². The second-order valence-electron chi connectivity index (χ2n) is 5.27. The first-order chi connectivity index (χ1) is 7.87. The molecule has 1 heteroatoms. The standard InChI is InChI=1S/C16H28O/c1-6-12-16(5,17)13-8-11-15(4)10-7-9-14(2)3/h6,9,11-12,17H,7-8,10,13H2,1-5H3/b12-6+,15-11+. The lowest BCUT2D eigenvalue weighted by atomic mass is 9.98. The van der Waals surface area contributed by atoms with Crippen molar-refractivity contribution in [1.29, 1.82) is 0 Å². The molecule has 0 fully saturated rings. The maximum absolute atomic E-state index is 9.95. The van der Waals surface area contributed by atoms with E-state index in [0.717, 1.165) is 25.7 Å². The second-order valence-corrected chi connectivity index (χ2v) is 5.27. The maximum atomic E-state index is 9.95. The Labute approximate surface area is 107 Å². The summed E-state index contributed by atoms with van der Waals surface area (Å²) >= 11 is 0. The number of allylic oxidation sites excluding steroid dienone is 5. The van der Waals surface area contributed by atoms with Crippen LogP contribution in [-0.4, -0.2) is 10.7 Å². The largest absolute Gasteiger partial charge is 0.386 e. The van der Waals surface area contributed by atoms with E-state index in [2.05, 4.69) is 32.9 Å². The first-order valence-corrected chi connectivity index (χ1v) is 6.52.